The number of anilines is 1. The van der Waals surface area contributed by atoms with Gasteiger partial charge in [0.2, 0.25) is 0 Å². The Morgan fingerprint density at radius 1 is 0.920 bits per heavy atom. The summed E-state index contributed by atoms with van der Waals surface area (Å²) in [6.45, 7) is 14.3. The maximum absolute atomic E-state index is 13.6. The number of hydrogen-bond acceptors (Lipinski definition) is 2. The Bertz CT molecular complexity index is 711. The van der Waals surface area contributed by atoms with Crippen LogP contribution in [0.1, 0.15) is 52.7 Å². The lowest BCUT2D eigenvalue weighted by atomic mass is 9.80. The highest BCUT2D eigenvalue weighted by atomic mass is 19.1. The quantitative estimate of drug-likeness (QED) is 0.681. The summed E-state index contributed by atoms with van der Waals surface area (Å²) in [6, 6.07) is 13.1. The normalized spacial score (nSPS) is 12.1. The van der Waals surface area contributed by atoms with Gasteiger partial charge in [-0.3, -0.25) is 0 Å². The molecule has 2 nitrogen and oxygen atoms in total. The van der Waals surface area contributed by atoms with E-state index in [4.69, 9.17) is 4.74 Å². The molecule has 1 N–H and O–H groups in total. The summed E-state index contributed by atoms with van der Waals surface area (Å²) in [5.41, 5.74) is 3.10. The van der Waals surface area contributed by atoms with Crippen LogP contribution in [0, 0.1) is 5.82 Å². The highest BCUT2D eigenvalue weighted by molar-refractivity contribution is 5.45. The highest BCUT2D eigenvalue weighted by Gasteiger charge is 2.23. The summed E-state index contributed by atoms with van der Waals surface area (Å²) in [4.78, 5) is 0. The second kappa shape index (κ2) is 7.47. The summed E-state index contributed by atoms with van der Waals surface area (Å²) in [5, 5.41) is 3.08. The van der Waals surface area contributed by atoms with E-state index in [9.17, 15) is 4.39 Å². The molecule has 0 heterocycles. The van der Waals surface area contributed by atoms with Crippen LogP contribution in [0.25, 0.3) is 0 Å². The number of halogens is 1. The van der Waals surface area contributed by atoms with Crippen LogP contribution < -0.4 is 10.1 Å². The Hall–Kier alpha value is -2.03. The van der Waals surface area contributed by atoms with Crippen LogP contribution in [0.5, 0.6) is 5.75 Å². The molecule has 0 radical (unpaired) electrons. The third-order valence-corrected chi connectivity index (χ3v) is 4.20. The molecule has 0 spiro atoms. The summed E-state index contributed by atoms with van der Waals surface area (Å²) in [6.07, 6.45) is 0. The van der Waals surface area contributed by atoms with Crippen LogP contribution in [-0.2, 0) is 10.8 Å². The van der Waals surface area contributed by atoms with Crippen molar-refractivity contribution in [3.05, 3.63) is 59.4 Å². The third-order valence-electron chi connectivity index (χ3n) is 4.20. The van der Waals surface area contributed by atoms with Crippen molar-refractivity contribution in [2.75, 3.05) is 18.5 Å². The number of ether oxygens (including phenoxy) is 1. The largest absolute Gasteiger partial charge is 0.491 e. The molecule has 0 amide bonds. The molecule has 0 aliphatic heterocycles. The van der Waals surface area contributed by atoms with Gasteiger partial charge in [0.05, 0.1) is 5.69 Å². The van der Waals surface area contributed by atoms with Crippen LogP contribution in [-0.4, -0.2) is 13.2 Å². The summed E-state index contributed by atoms with van der Waals surface area (Å²) < 4.78 is 19.6. The average Bonchev–Trinajstić information content (AvgIpc) is 2.51. The van der Waals surface area contributed by atoms with Gasteiger partial charge in [0.1, 0.15) is 18.2 Å². The van der Waals surface area contributed by atoms with Gasteiger partial charge in [-0.1, -0.05) is 65.8 Å². The lowest BCUT2D eigenvalue weighted by Crippen LogP contribution is -2.19. The van der Waals surface area contributed by atoms with Crippen molar-refractivity contribution in [1.82, 2.24) is 0 Å². The zero-order valence-electron chi connectivity index (χ0n) is 16.2. The Morgan fingerprint density at radius 2 is 1.60 bits per heavy atom. The molecular formula is C22H30FNO. The number of benzene rings is 2. The first-order valence-electron chi connectivity index (χ1n) is 8.85. The molecule has 0 aliphatic carbocycles. The molecule has 2 aromatic carbocycles. The van der Waals surface area contributed by atoms with Gasteiger partial charge in [0.25, 0.3) is 0 Å². The molecule has 3 heteroatoms. The van der Waals surface area contributed by atoms with Crippen molar-refractivity contribution in [2.24, 2.45) is 0 Å². The van der Waals surface area contributed by atoms with E-state index in [-0.39, 0.29) is 16.6 Å². The molecule has 0 saturated carbocycles. The van der Waals surface area contributed by atoms with Gasteiger partial charge in [-0.15, -0.1) is 0 Å². The zero-order chi connectivity index (χ0) is 18.7. The number of nitrogens with one attached hydrogen (secondary N) is 1. The van der Waals surface area contributed by atoms with Crippen molar-refractivity contribution >= 4 is 5.69 Å². The number of rotatable bonds is 5. The Kier molecular flexibility index (Phi) is 5.76. The Labute approximate surface area is 151 Å². The molecule has 0 saturated heterocycles. The van der Waals surface area contributed by atoms with E-state index >= 15 is 0 Å². The number of para-hydroxylation sites is 1. The van der Waals surface area contributed by atoms with E-state index in [0.717, 1.165) is 5.75 Å². The van der Waals surface area contributed by atoms with Gasteiger partial charge in [0, 0.05) is 6.54 Å². The molecule has 0 atom stereocenters. The monoisotopic (exact) mass is 343 g/mol. The van der Waals surface area contributed by atoms with E-state index < -0.39 is 0 Å². The minimum Gasteiger partial charge on any atom is -0.491 e. The molecule has 2 rings (SSSR count). The first-order chi connectivity index (χ1) is 11.6. The van der Waals surface area contributed by atoms with Crippen molar-refractivity contribution in [3.8, 4) is 5.75 Å². The zero-order valence-corrected chi connectivity index (χ0v) is 16.2. The van der Waals surface area contributed by atoms with Crippen LogP contribution in [0.2, 0.25) is 0 Å². The van der Waals surface area contributed by atoms with Gasteiger partial charge in [-0.2, -0.15) is 0 Å². The molecule has 0 unspecified atom stereocenters. The summed E-state index contributed by atoms with van der Waals surface area (Å²) in [7, 11) is 0. The maximum Gasteiger partial charge on any atom is 0.146 e. The van der Waals surface area contributed by atoms with Crippen LogP contribution in [0.4, 0.5) is 10.1 Å². The van der Waals surface area contributed by atoms with E-state index in [0.29, 0.717) is 18.8 Å². The first-order valence-corrected chi connectivity index (χ1v) is 8.85. The fourth-order valence-corrected chi connectivity index (χ4v) is 2.66. The van der Waals surface area contributed by atoms with E-state index in [1.165, 1.54) is 17.2 Å². The molecule has 25 heavy (non-hydrogen) atoms. The summed E-state index contributed by atoms with van der Waals surface area (Å²) in [5.74, 6) is 0.656. The van der Waals surface area contributed by atoms with Gasteiger partial charge in [-0.25, -0.2) is 4.39 Å². The Morgan fingerprint density at radius 3 is 2.20 bits per heavy atom. The lowest BCUT2D eigenvalue weighted by molar-refractivity contribution is 0.322. The van der Waals surface area contributed by atoms with Crippen molar-refractivity contribution < 1.29 is 9.13 Å². The van der Waals surface area contributed by atoms with Gasteiger partial charge in [-0.05, 0) is 40.2 Å². The topological polar surface area (TPSA) is 21.3 Å². The molecule has 2 aromatic rings. The standard InChI is InChI=1S/C22H30FNO/c1-21(2,3)16-11-12-20(17(15-16)22(4,5)6)25-14-13-24-19-10-8-7-9-18(19)23/h7-12,15,24H,13-14H2,1-6H3. The first kappa shape index (κ1) is 19.3. The molecule has 0 aliphatic rings. The second-order valence-electron chi connectivity index (χ2n) is 8.47. The van der Waals surface area contributed by atoms with Gasteiger partial charge < -0.3 is 10.1 Å². The highest BCUT2D eigenvalue weighted by Crippen LogP contribution is 2.35. The smallest absolute Gasteiger partial charge is 0.146 e. The minimum atomic E-state index is -0.243. The van der Waals surface area contributed by atoms with E-state index in [1.54, 1.807) is 12.1 Å². The van der Waals surface area contributed by atoms with Crippen molar-refractivity contribution in [2.45, 2.75) is 52.4 Å². The molecule has 136 valence electrons. The van der Waals surface area contributed by atoms with Gasteiger partial charge >= 0.3 is 0 Å². The summed E-state index contributed by atoms with van der Waals surface area (Å²) >= 11 is 0. The van der Waals surface area contributed by atoms with Crippen LogP contribution in [0.15, 0.2) is 42.5 Å². The Balaban J connectivity index is 2.07. The van der Waals surface area contributed by atoms with Crippen LogP contribution >= 0.6 is 0 Å². The maximum atomic E-state index is 13.6. The predicted molar refractivity (Wildman–Crippen MR) is 104 cm³/mol. The SMILES string of the molecule is CC(C)(C)c1ccc(OCCNc2ccccc2F)c(C(C)(C)C)c1. The lowest BCUT2D eigenvalue weighted by Gasteiger charge is -2.27. The van der Waals surface area contributed by atoms with E-state index in [2.05, 4.69) is 65.1 Å². The number of hydrogen-bond donors (Lipinski definition) is 1. The van der Waals surface area contributed by atoms with Crippen LogP contribution in [0.3, 0.4) is 0 Å². The fourth-order valence-electron chi connectivity index (χ4n) is 2.66. The predicted octanol–water partition coefficient (Wildman–Crippen LogP) is 5.91. The van der Waals surface area contributed by atoms with Crippen molar-refractivity contribution in [3.63, 3.8) is 0 Å². The minimum absolute atomic E-state index is 0.00440. The van der Waals surface area contributed by atoms with Gasteiger partial charge in [0.15, 0.2) is 0 Å². The second-order valence-corrected chi connectivity index (χ2v) is 8.47. The molecule has 0 bridgehead atoms. The third kappa shape index (κ3) is 5.22. The fraction of sp³-hybridized carbons (Fsp3) is 0.455. The molecule has 0 aromatic heterocycles. The van der Waals surface area contributed by atoms with E-state index in [1.807, 2.05) is 6.07 Å². The molecule has 0 fully saturated rings. The average molecular weight is 343 g/mol. The molecular weight excluding hydrogens is 313 g/mol. The van der Waals surface area contributed by atoms with Crippen molar-refractivity contribution in [1.29, 1.82) is 0 Å².